The molecule has 56 valence electrons. The number of rotatable bonds is 1. The lowest BCUT2D eigenvalue weighted by molar-refractivity contribution is -0.115. The van der Waals surface area contributed by atoms with Gasteiger partial charge in [0, 0.05) is 6.42 Å². The molecule has 10 heavy (non-hydrogen) atoms. The largest absolute Gasteiger partial charge is 0.295 e. The molecule has 0 aromatic carbocycles. The first-order chi connectivity index (χ1) is 4.72. The number of allylic oxidation sites excluding steroid dienone is 2. The first kappa shape index (κ1) is 7.52. The molecule has 0 aromatic heterocycles. The average Bonchev–Trinajstić information content (AvgIpc) is 1.85. The highest BCUT2D eigenvalue weighted by atomic mass is 16.1. The molecule has 0 amide bonds. The van der Waals surface area contributed by atoms with Crippen LogP contribution in [0.15, 0.2) is 11.6 Å². The van der Waals surface area contributed by atoms with Gasteiger partial charge in [0.25, 0.3) is 0 Å². The summed E-state index contributed by atoms with van der Waals surface area (Å²) in [6, 6.07) is 0. The van der Waals surface area contributed by atoms with E-state index in [1.165, 1.54) is 5.57 Å². The van der Waals surface area contributed by atoms with Crippen LogP contribution in [0, 0.1) is 5.92 Å². The van der Waals surface area contributed by atoms with Crippen LogP contribution in [0.5, 0.6) is 0 Å². The fourth-order valence-corrected chi connectivity index (χ4v) is 1.49. The third-order valence-corrected chi connectivity index (χ3v) is 2.09. The monoisotopic (exact) mass is 138 g/mol. The second kappa shape index (κ2) is 3.00. The molecule has 0 saturated carbocycles. The van der Waals surface area contributed by atoms with E-state index in [1.54, 1.807) is 6.08 Å². The van der Waals surface area contributed by atoms with Crippen molar-refractivity contribution in [2.24, 2.45) is 5.92 Å². The molecule has 0 unspecified atom stereocenters. The summed E-state index contributed by atoms with van der Waals surface area (Å²) in [7, 11) is 0. The smallest absolute Gasteiger partial charge is 0.155 e. The van der Waals surface area contributed by atoms with Crippen LogP contribution in [0.1, 0.15) is 33.1 Å². The van der Waals surface area contributed by atoms with Gasteiger partial charge in [0.15, 0.2) is 5.78 Å². The Hall–Kier alpha value is -0.590. The molecule has 0 aliphatic heterocycles. The number of carbonyl (C=O) groups excluding carboxylic acids is 1. The van der Waals surface area contributed by atoms with Gasteiger partial charge in [-0.05, 0) is 25.3 Å². The van der Waals surface area contributed by atoms with E-state index < -0.39 is 0 Å². The molecular weight excluding hydrogens is 124 g/mol. The minimum absolute atomic E-state index is 0.315. The van der Waals surface area contributed by atoms with Gasteiger partial charge in [-0.1, -0.05) is 18.9 Å². The van der Waals surface area contributed by atoms with Crippen LogP contribution in [0.3, 0.4) is 0 Å². The minimum Gasteiger partial charge on any atom is -0.295 e. The molecule has 0 saturated heterocycles. The first-order valence-electron chi connectivity index (χ1n) is 3.92. The Kier molecular flexibility index (Phi) is 2.25. The minimum atomic E-state index is 0.315. The highest BCUT2D eigenvalue weighted by molar-refractivity contribution is 5.91. The summed E-state index contributed by atoms with van der Waals surface area (Å²) in [5, 5.41) is 0. The van der Waals surface area contributed by atoms with Gasteiger partial charge in [-0.25, -0.2) is 0 Å². The molecule has 1 aliphatic carbocycles. The van der Waals surface area contributed by atoms with Crippen molar-refractivity contribution in [2.45, 2.75) is 33.1 Å². The van der Waals surface area contributed by atoms with Gasteiger partial charge in [-0.2, -0.15) is 0 Å². The molecule has 1 atom stereocenters. The van der Waals surface area contributed by atoms with Crippen molar-refractivity contribution in [3.63, 3.8) is 0 Å². The van der Waals surface area contributed by atoms with E-state index >= 15 is 0 Å². The third-order valence-electron chi connectivity index (χ3n) is 2.09. The number of hydrogen-bond acceptors (Lipinski definition) is 1. The van der Waals surface area contributed by atoms with E-state index in [0.717, 1.165) is 19.3 Å². The Morgan fingerprint density at radius 1 is 1.60 bits per heavy atom. The first-order valence-corrected chi connectivity index (χ1v) is 3.92. The van der Waals surface area contributed by atoms with Crippen LogP contribution in [0.4, 0.5) is 0 Å². The van der Waals surface area contributed by atoms with E-state index in [1.807, 2.05) is 6.92 Å². The van der Waals surface area contributed by atoms with Gasteiger partial charge in [0.05, 0.1) is 0 Å². The Morgan fingerprint density at radius 2 is 2.30 bits per heavy atom. The zero-order valence-corrected chi connectivity index (χ0v) is 6.68. The summed E-state index contributed by atoms with van der Waals surface area (Å²) in [5.41, 5.74) is 1.25. The maximum Gasteiger partial charge on any atom is 0.155 e. The zero-order chi connectivity index (χ0) is 7.56. The molecule has 0 bridgehead atoms. The van der Waals surface area contributed by atoms with Crippen molar-refractivity contribution in [3.8, 4) is 0 Å². The zero-order valence-electron chi connectivity index (χ0n) is 6.68. The van der Waals surface area contributed by atoms with Gasteiger partial charge in [-0.15, -0.1) is 0 Å². The van der Waals surface area contributed by atoms with Crippen LogP contribution < -0.4 is 0 Å². The van der Waals surface area contributed by atoms with Crippen LogP contribution in [0.25, 0.3) is 0 Å². The van der Waals surface area contributed by atoms with Crippen molar-refractivity contribution < 1.29 is 4.79 Å². The van der Waals surface area contributed by atoms with Crippen molar-refractivity contribution >= 4 is 5.78 Å². The summed E-state index contributed by atoms with van der Waals surface area (Å²) in [5.74, 6) is 0.938. The molecular formula is C9H14O. The predicted molar refractivity (Wildman–Crippen MR) is 41.8 cm³/mol. The molecule has 0 heterocycles. The molecule has 0 N–H and O–H groups in total. The highest BCUT2D eigenvalue weighted by Crippen LogP contribution is 2.23. The fourth-order valence-electron chi connectivity index (χ4n) is 1.49. The third kappa shape index (κ3) is 1.69. The topological polar surface area (TPSA) is 17.1 Å². The van der Waals surface area contributed by atoms with Gasteiger partial charge < -0.3 is 0 Å². The van der Waals surface area contributed by atoms with Crippen LogP contribution >= 0.6 is 0 Å². The standard InChI is InChI=1S/C9H14O/c1-3-8-4-7(2)5-9(10)6-8/h5,8H,3-4,6H2,1-2H3/t8-/m0/s1. The Balaban J connectivity index is 2.60. The van der Waals surface area contributed by atoms with Gasteiger partial charge in [0.1, 0.15) is 0 Å². The lowest BCUT2D eigenvalue weighted by Crippen LogP contribution is -2.11. The molecule has 0 radical (unpaired) electrons. The number of ketones is 1. The van der Waals surface area contributed by atoms with E-state index in [4.69, 9.17) is 0 Å². The molecule has 1 heteroatoms. The number of carbonyl (C=O) groups is 1. The van der Waals surface area contributed by atoms with Crippen molar-refractivity contribution in [1.29, 1.82) is 0 Å². The lowest BCUT2D eigenvalue weighted by Gasteiger charge is -2.17. The summed E-state index contributed by atoms with van der Waals surface area (Å²) in [6.07, 6.45) is 4.82. The normalized spacial score (nSPS) is 26.4. The lowest BCUT2D eigenvalue weighted by atomic mass is 9.87. The summed E-state index contributed by atoms with van der Waals surface area (Å²) in [6.45, 7) is 4.19. The van der Waals surface area contributed by atoms with Crippen LogP contribution in [0.2, 0.25) is 0 Å². The summed E-state index contributed by atoms with van der Waals surface area (Å²) >= 11 is 0. The molecule has 0 spiro atoms. The average molecular weight is 138 g/mol. The van der Waals surface area contributed by atoms with E-state index in [9.17, 15) is 4.79 Å². The summed E-state index contributed by atoms with van der Waals surface area (Å²) < 4.78 is 0. The van der Waals surface area contributed by atoms with E-state index in [-0.39, 0.29) is 0 Å². The van der Waals surface area contributed by atoms with Crippen LogP contribution in [-0.2, 0) is 4.79 Å². The second-order valence-corrected chi connectivity index (χ2v) is 3.14. The van der Waals surface area contributed by atoms with Gasteiger partial charge in [-0.3, -0.25) is 4.79 Å². The maximum absolute atomic E-state index is 11.0. The molecule has 1 aliphatic rings. The Morgan fingerprint density at radius 3 is 2.80 bits per heavy atom. The highest BCUT2D eigenvalue weighted by Gasteiger charge is 2.15. The molecule has 0 fully saturated rings. The molecule has 0 aromatic rings. The van der Waals surface area contributed by atoms with Gasteiger partial charge in [0.2, 0.25) is 0 Å². The van der Waals surface area contributed by atoms with Crippen molar-refractivity contribution in [2.75, 3.05) is 0 Å². The second-order valence-electron chi connectivity index (χ2n) is 3.14. The SMILES string of the molecule is CC[C@@H]1CC(=O)C=C(C)C1. The maximum atomic E-state index is 11.0. The van der Waals surface area contributed by atoms with E-state index in [0.29, 0.717) is 11.7 Å². The van der Waals surface area contributed by atoms with Crippen molar-refractivity contribution in [1.82, 2.24) is 0 Å². The van der Waals surface area contributed by atoms with Crippen molar-refractivity contribution in [3.05, 3.63) is 11.6 Å². The van der Waals surface area contributed by atoms with Crippen LogP contribution in [-0.4, -0.2) is 5.78 Å². The molecule has 1 rings (SSSR count). The van der Waals surface area contributed by atoms with E-state index in [2.05, 4.69) is 6.92 Å². The number of hydrogen-bond donors (Lipinski definition) is 0. The summed E-state index contributed by atoms with van der Waals surface area (Å²) in [4.78, 5) is 11.0. The molecule has 1 nitrogen and oxygen atoms in total. The Bertz CT molecular complexity index is 168. The van der Waals surface area contributed by atoms with Gasteiger partial charge >= 0.3 is 0 Å². The predicted octanol–water partition coefficient (Wildman–Crippen LogP) is 2.32. The Labute approximate surface area is 62.1 Å². The quantitative estimate of drug-likeness (QED) is 0.543. The fraction of sp³-hybridized carbons (Fsp3) is 0.667.